The van der Waals surface area contributed by atoms with Gasteiger partial charge in [-0.2, -0.15) is 0 Å². The van der Waals surface area contributed by atoms with Crippen molar-refractivity contribution in [3.63, 3.8) is 0 Å². The minimum absolute atomic E-state index is 0.161. The third-order valence-electron chi connectivity index (χ3n) is 3.71. The molecule has 1 saturated heterocycles. The molecule has 1 unspecified atom stereocenters. The smallest absolute Gasteiger partial charge is 0.191 e. The van der Waals surface area contributed by atoms with Gasteiger partial charge in [-0.25, -0.2) is 4.39 Å². The minimum Gasteiger partial charge on any atom is -0.374 e. The monoisotopic (exact) mass is 308 g/mol. The highest BCUT2D eigenvalue weighted by molar-refractivity contribution is 5.79. The molecule has 2 rings (SSSR count). The molecule has 22 heavy (non-hydrogen) atoms. The molecule has 0 amide bonds. The Balaban J connectivity index is 1.70. The Morgan fingerprint density at radius 1 is 1.41 bits per heavy atom. The van der Waals surface area contributed by atoms with E-state index in [9.17, 15) is 4.39 Å². The van der Waals surface area contributed by atoms with Crippen LogP contribution in [0.1, 0.15) is 5.56 Å². The summed E-state index contributed by atoms with van der Waals surface area (Å²) in [6.45, 7) is 4.00. The standard InChI is InChI=1S/C16H25FN4O/c1-18-16(20-11-14-12-21(2)9-10-22-14)19-8-7-13-5-3-4-6-15(13)17/h3-6,14H,7-12H2,1-2H3,(H2,18,19,20). The van der Waals surface area contributed by atoms with Crippen LogP contribution in [-0.2, 0) is 11.2 Å². The van der Waals surface area contributed by atoms with Crippen LogP contribution in [0.3, 0.4) is 0 Å². The van der Waals surface area contributed by atoms with Crippen molar-refractivity contribution in [1.29, 1.82) is 0 Å². The van der Waals surface area contributed by atoms with E-state index in [0.29, 0.717) is 31.0 Å². The summed E-state index contributed by atoms with van der Waals surface area (Å²) in [6.07, 6.45) is 0.791. The first kappa shape index (κ1) is 16.7. The molecule has 6 heteroatoms. The Morgan fingerprint density at radius 3 is 2.95 bits per heavy atom. The van der Waals surface area contributed by atoms with Crippen LogP contribution in [0.15, 0.2) is 29.3 Å². The maximum absolute atomic E-state index is 13.5. The Labute approximate surface area is 131 Å². The number of likely N-dealkylation sites (N-methyl/N-ethyl adjacent to an activating group) is 1. The topological polar surface area (TPSA) is 48.9 Å². The predicted molar refractivity (Wildman–Crippen MR) is 86.7 cm³/mol. The molecule has 0 spiro atoms. The first-order chi connectivity index (χ1) is 10.7. The van der Waals surface area contributed by atoms with E-state index >= 15 is 0 Å². The number of ether oxygens (including phenoxy) is 1. The summed E-state index contributed by atoms with van der Waals surface area (Å²) in [5.41, 5.74) is 0.711. The lowest BCUT2D eigenvalue weighted by atomic mass is 10.1. The van der Waals surface area contributed by atoms with Gasteiger partial charge in [0.05, 0.1) is 12.7 Å². The molecule has 0 aliphatic carbocycles. The van der Waals surface area contributed by atoms with Gasteiger partial charge < -0.3 is 20.3 Å². The molecule has 1 aromatic carbocycles. The van der Waals surface area contributed by atoms with E-state index in [0.717, 1.165) is 19.7 Å². The highest BCUT2D eigenvalue weighted by atomic mass is 19.1. The van der Waals surface area contributed by atoms with E-state index in [1.165, 1.54) is 6.07 Å². The third kappa shape index (κ3) is 5.27. The Morgan fingerprint density at radius 2 is 2.23 bits per heavy atom. The minimum atomic E-state index is -0.161. The summed E-state index contributed by atoms with van der Waals surface area (Å²) in [5.74, 6) is 0.555. The van der Waals surface area contributed by atoms with Crippen LogP contribution < -0.4 is 10.6 Å². The number of hydrogen-bond acceptors (Lipinski definition) is 3. The first-order valence-electron chi connectivity index (χ1n) is 7.67. The number of hydrogen-bond donors (Lipinski definition) is 2. The first-order valence-corrected chi connectivity index (χ1v) is 7.67. The van der Waals surface area contributed by atoms with Crippen molar-refractivity contribution in [1.82, 2.24) is 15.5 Å². The normalized spacial score (nSPS) is 20.0. The van der Waals surface area contributed by atoms with Crippen LogP contribution in [0, 0.1) is 5.82 Å². The number of nitrogens with zero attached hydrogens (tertiary/aromatic N) is 2. The molecule has 5 nitrogen and oxygen atoms in total. The van der Waals surface area contributed by atoms with Crippen LogP contribution in [0.2, 0.25) is 0 Å². The fraction of sp³-hybridized carbons (Fsp3) is 0.562. The number of morpholine rings is 1. The van der Waals surface area contributed by atoms with Crippen LogP contribution in [-0.4, -0.2) is 63.8 Å². The zero-order valence-corrected chi connectivity index (χ0v) is 13.3. The van der Waals surface area contributed by atoms with Gasteiger partial charge in [-0.05, 0) is 25.1 Å². The number of rotatable bonds is 5. The van der Waals surface area contributed by atoms with E-state index in [-0.39, 0.29) is 11.9 Å². The molecule has 1 heterocycles. The van der Waals surface area contributed by atoms with Gasteiger partial charge in [0.2, 0.25) is 0 Å². The lowest BCUT2D eigenvalue weighted by Gasteiger charge is -2.30. The summed E-state index contributed by atoms with van der Waals surface area (Å²) in [5, 5.41) is 6.45. The van der Waals surface area contributed by atoms with Crippen LogP contribution in [0.4, 0.5) is 4.39 Å². The van der Waals surface area contributed by atoms with Crippen LogP contribution in [0.25, 0.3) is 0 Å². The van der Waals surface area contributed by atoms with Gasteiger partial charge in [0.25, 0.3) is 0 Å². The number of benzene rings is 1. The van der Waals surface area contributed by atoms with Crippen molar-refractivity contribution in [3.05, 3.63) is 35.6 Å². The van der Waals surface area contributed by atoms with E-state index in [1.807, 2.05) is 6.07 Å². The van der Waals surface area contributed by atoms with Gasteiger partial charge in [0.15, 0.2) is 5.96 Å². The fourth-order valence-electron chi connectivity index (χ4n) is 2.44. The number of nitrogens with one attached hydrogen (secondary N) is 2. The van der Waals surface area contributed by atoms with Gasteiger partial charge >= 0.3 is 0 Å². The number of guanidine groups is 1. The third-order valence-corrected chi connectivity index (χ3v) is 3.71. The van der Waals surface area contributed by atoms with Gasteiger partial charge in [-0.1, -0.05) is 18.2 Å². The van der Waals surface area contributed by atoms with E-state index in [4.69, 9.17) is 4.74 Å². The SMILES string of the molecule is CN=C(NCCc1ccccc1F)NCC1CN(C)CCO1. The van der Waals surface area contributed by atoms with Gasteiger partial charge in [0, 0.05) is 33.2 Å². The molecule has 1 fully saturated rings. The van der Waals surface area contributed by atoms with Crippen molar-refractivity contribution in [2.75, 3.05) is 46.9 Å². The molecule has 1 aromatic rings. The summed E-state index contributed by atoms with van der Waals surface area (Å²) >= 11 is 0. The molecular formula is C16H25FN4O. The van der Waals surface area contributed by atoms with Crippen LogP contribution in [0.5, 0.6) is 0 Å². The maximum atomic E-state index is 13.5. The summed E-state index contributed by atoms with van der Waals surface area (Å²) in [6, 6.07) is 6.84. The summed E-state index contributed by atoms with van der Waals surface area (Å²) < 4.78 is 19.2. The summed E-state index contributed by atoms with van der Waals surface area (Å²) in [4.78, 5) is 6.43. The van der Waals surface area contributed by atoms with Crippen molar-refractivity contribution in [2.24, 2.45) is 4.99 Å². The Kier molecular flexibility index (Phi) is 6.61. The zero-order valence-electron chi connectivity index (χ0n) is 13.3. The number of aliphatic imine (C=N–C) groups is 1. The predicted octanol–water partition coefficient (Wildman–Crippen LogP) is 0.864. The molecule has 122 valence electrons. The lowest BCUT2D eigenvalue weighted by molar-refractivity contribution is -0.0161. The van der Waals surface area contributed by atoms with Gasteiger partial charge in [-0.3, -0.25) is 4.99 Å². The van der Waals surface area contributed by atoms with Gasteiger partial charge in [0.1, 0.15) is 5.82 Å². The molecule has 1 aliphatic rings. The zero-order chi connectivity index (χ0) is 15.8. The van der Waals surface area contributed by atoms with Crippen molar-refractivity contribution in [3.8, 4) is 0 Å². The van der Waals surface area contributed by atoms with E-state index in [2.05, 4.69) is 27.6 Å². The molecule has 0 radical (unpaired) electrons. The van der Waals surface area contributed by atoms with E-state index in [1.54, 1.807) is 19.2 Å². The molecule has 2 N–H and O–H groups in total. The Bertz CT molecular complexity index is 495. The largest absolute Gasteiger partial charge is 0.374 e. The molecule has 0 saturated carbocycles. The average Bonchev–Trinajstić information content (AvgIpc) is 2.52. The highest BCUT2D eigenvalue weighted by Crippen LogP contribution is 2.06. The second-order valence-electron chi connectivity index (χ2n) is 5.48. The fourth-order valence-corrected chi connectivity index (χ4v) is 2.44. The molecular weight excluding hydrogens is 283 g/mol. The molecule has 1 atom stereocenters. The van der Waals surface area contributed by atoms with Crippen LogP contribution >= 0.6 is 0 Å². The maximum Gasteiger partial charge on any atom is 0.191 e. The Hall–Kier alpha value is -1.66. The van der Waals surface area contributed by atoms with E-state index < -0.39 is 0 Å². The molecule has 0 bridgehead atoms. The molecule has 0 aromatic heterocycles. The second kappa shape index (κ2) is 8.70. The second-order valence-corrected chi connectivity index (χ2v) is 5.48. The molecule has 1 aliphatic heterocycles. The quantitative estimate of drug-likeness (QED) is 0.626. The number of halogens is 1. The highest BCUT2D eigenvalue weighted by Gasteiger charge is 2.17. The van der Waals surface area contributed by atoms with Crippen molar-refractivity contribution < 1.29 is 9.13 Å². The van der Waals surface area contributed by atoms with Gasteiger partial charge in [-0.15, -0.1) is 0 Å². The van der Waals surface area contributed by atoms with Crippen molar-refractivity contribution in [2.45, 2.75) is 12.5 Å². The van der Waals surface area contributed by atoms with Crippen molar-refractivity contribution >= 4 is 5.96 Å². The lowest BCUT2D eigenvalue weighted by Crippen LogP contribution is -2.48. The average molecular weight is 308 g/mol. The summed E-state index contributed by atoms with van der Waals surface area (Å²) in [7, 11) is 3.82.